The summed E-state index contributed by atoms with van der Waals surface area (Å²) < 4.78 is 43.2. The second kappa shape index (κ2) is 8.78. The van der Waals surface area contributed by atoms with Crippen molar-refractivity contribution in [1.29, 1.82) is 0 Å². The number of hydrogen-bond acceptors (Lipinski definition) is 1. The first-order chi connectivity index (χ1) is 17.9. The molecule has 0 saturated heterocycles. The number of nitrogens with zero attached hydrogens (tertiary/aromatic N) is 1. The van der Waals surface area contributed by atoms with E-state index in [2.05, 4.69) is 36.4 Å². The van der Waals surface area contributed by atoms with Crippen molar-refractivity contribution in [1.82, 2.24) is 0 Å². The average Bonchev–Trinajstić information content (AvgIpc) is 2.92. The third kappa shape index (κ3) is 3.53. The summed E-state index contributed by atoms with van der Waals surface area (Å²) in [7, 11) is -2.85. The summed E-state index contributed by atoms with van der Waals surface area (Å²) in [6.07, 6.45) is -4.49. The number of alkyl halides is 3. The molecule has 0 aromatic heterocycles. The zero-order valence-corrected chi connectivity index (χ0v) is 21.2. The molecule has 0 bridgehead atoms. The fourth-order valence-electron chi connectivity index (χ4n) is 5.84. The van der Waals surface area contributed by atoms with E-state index < -0.39 is 19.8 Å². The lowest BCUT2D eigenvalue weighted by atomic mass is 10.0. The zero-order valence-electron chi connectivity index (χ0n) is 20.2. The zero-order chi connectivity index (χ0) is 25.6. The quantitative estimate of drug-likeness (QED) is 0.259. The molecule has 5 heteroatoms. The molecule has 0 saturated carbocycles. The molecule has 0 amide bonds. The van der Waals surface area contributed by atoms with Crippen LogP contribution in [-0.2, 0) is 6.18 Å². The molecule has 0 N–H and O–H groups in total. The van der Waals surface area contributed by atoms with Crippen LogP contribution >= 0.6 is 0 Å². The van der Waals surface area contributed by atoms with Crippen LogP contribution < -0.4 is 25.6 Å². The lowest BCUT2D eigenvalue weighted by Gasteiger charge is -2.45. The van der Waals surface area contributed by atoms with Crippen molar-refractivity contribution in [3.05, 3.63) is 139 Å². The smallest absolute Gasteiger partial charge is 0.310 e. The van der Waals surface area contributed by atoms with Crippen LogP contribution in [-0.4, -0.2) is 8.07 Å². The van der Waals surface area contributed by atoms with Crippen molar-refractivity contribution in [2.45, 2.75) is 13.1 Å². The maximum Gasteiger partial charge on any atom is 0.418 e. The van der Waals surface area contributed by atoms with Gasteiger partial charge in [0.2, 0.25) is 0 Å². The third-order valence-electron chi connectivity index (χ3n) is 7.28. The van der Waals surface area contributed by atoms with Crippen molar-refractivity contribution in [3.63, 3.8) is 0 Å². The first-order valence-electron chi connectivity index (χ1n) is 12.2. The van der Waals surface area contributed by atoms with Gasteiger partial charge >= 0.3 is 6.18 Å². The second-order valence-corrected chi connectivity index (χ2v) is 13.1. The molecule has 0 atom stereocenters. The summed E-state index contributed by atoms with van der Waals surface area (Å²) in [6, 6.07) is 41.3. The van der Waals surface area contributed by atoms with Crippen molar-refractivity contribution < 1.29 is 13.2 Å². The van der Waals surface area contributed by atoms with Gasteiger partial charge in [-0.05, 0) is 51.4 Å². The van der Waals surface area contributed by atoms with E-state index in [9.17, 15) is 13.2 Å². The number of rotatable bonds is 3. The number of para-hydroxylation sites is 3. The first kappa shape index (κ1) is 23.3. The largest absolute Gasteiger partial charge is 0.418 e. The molecule has 1 heterocycles. The fraction of sp³-hybridized carbons (Fsp3) is 0.0625. The summed E-state index contributed by atoms with van der Waals surface area (Å²) in [5.41, 5.74) is 1.71. The molecule has 1 aliphatic rings. The third-order valence-corrected chi connectivity index (χ3v) is 12.1. The summed E-state index contributed by atoms with van der Waals surface area (Å²) in [5, 5.41) is 4.54. The number of anilines is 3. The molecule has 0 aliphatic carbocycles. The Kier molecular flexibility index (Phi) is 5.53. The number of benzene rings is 5. The van der Waals surface area contributed by atoms with Crippen LogP contribution in [0.5, 0.6) is 0 Å². The number of halogens is 3. The Morgan fingerprint density at radius 3 is 1.49 bits per heavy atom. The molecule has 0 fully saturated rings. The minimum atomic E-state index is -4.49. The number of hydrogen-bond donors (Lipinski definition) is 0. The van der Waals surface area contributed by atoms with Gasteiger partial charge in [0.15, 0.2) is 8.07 Å². The molecule has 0 unspecified atom stereocenters. The Morgan fingerprint density at radius 2 is 1.00 bits per heavy atom. The second-order valence-electron chi connectivity index (χ2n) is 9.32. The lowest BCUT2D eigenvalue weighted by molar-refractivity contribution is -0.137. The molecular formula is C32H24F3NSi. The van der Waals surface area contributed by atoms with Gasteiger partial charge < -0.3 is 4.90 Å². The predicted octanol–water partition coefficient (Wildman–Crippen LogP) is 6.17. The van der Waals surface area contributed by atoms with Crippen LogP contribution in [0.15, 0.2) is 127 Å². The highest BCUT2D eigenvalue weighted by molar-refractivity contribution is 7.21. The summed E-state index contributed by atoms with van der Waals surface area (Å²) in [4.78, 5) is 1.83. The Hall–Kier alpha value is -4.09. The van der Waals surface area contributed by atoms with Crippen LogP contribution in [0.2, 0.25) is 0 Å². The standard InChI is InChI=1S/C32H24F3NSi/c1-23-13-12-18-26(32(33,34)35)31(23)36-27-19-8-10-21-29(27)37(24-14-4-2-5-15-24,25-16-6-3-7-17-25)30-22-11-9-20-28(30)36/h2-22H,1H3. The predicted molar refractivity (Wildman–Crippen MR) is 148 cm³/mol. The van der Waals surface area contributed by atoms with Crippen molar-refractivity contribution >= 4 is 45.9 Å². The van der Waals surface area contributed by atoms with Gasteiger partial charge in [0, 0.05) is 11.4 Å². The van der Waals surface area contributed by atoms with Crippen LogP contribution in [0.4, 0.5) is 30.2 Å². The molecule has 5 aromatic rings. The van der Waals surface area contributed by atoms with Crippen molar-refractivity contribution in [3.8, 4) is 0 Å². The van der Waals surface area contributed by atoms with E-state index >= 15 is 0 Å². The minimum absolute atomic E-state index is 0.179. The highest BCUT2D eigenvalue weighted by Gasteiger charge is 2.49. The molecule has 182 valence electrons. The van der Waals surface area contributed by atoms with E-state index in [4.69, 9.17) is 0 Å². The van der Waals surface area contributed by atoms with Crippen LogP contribution in [0.25, 0.3) is 0 Å². The normalized spacial score (nSPS) is 14.1. The first-order valence-corrected chi connectivity index (χ1v) is 14.2. The SMILES string of the molecule is Cc1cccc(C(F)(F)F)c1N1c2ccccc2[Si](c2ccccc2)(c2ccccc2)c2ccccc21. The van der Waals surface area contributed by atoms with Gasteiger partial charge in [0.05, 0.1) is 11.3 Å². The van der Waals surface area contributed by atoms with E-state index in [0.717, 1.165) is 21.7 Å². The fourth-order valence-corrected chi connectivity index (χ4v) is 10.9. The van der Waals surface area contributed by atoms with Gasteiger partial charge in [0.25, 0.3) is 0 Å². The Labute approximate surface area is 215 Å². The molecule has 0 spiro atoms. The summed E-state index contributed by atoms with van der Waals surface area (Å²) in [6.45, 7) is 1.75. The molecule has 37 heavy (non-hydrogen) atoms. The highest BCUT2D eigenvalue weighted by Crippen LogP contribution is 2.45. The Bertz CT molecular complexity index is 1490. The van der Waals surface area contributed by atoms with Gasteiger partial charge in [-0.2, -0.15) is 13.2 Å². The maximum atomic E-state index is 14.4. The van der Waals surface area contributed by atoms with Crippen LogP contribution in [0.3, 0.4) is 0 Å². The molecule has 0 radical (unpaired) electrons. The minimum Gasteiger partial charge on any atom is -0.310 e. The molecule has 6 rings (SSSR count). The monoisotopic (exact) mass is 507 g/mol. The molecule has 1 nitrogen and oxygen atoms in total. The van der Waals surface area contributed by atoms with E-state index in [1.807, 2.05) is 77.7 Å². The lowest BCUT2D eigenvalue weighted by Crippen LogP contribution is -2.77. The van der Waals surface area contributed by atoms with Gasteiger partial charge in [0.1, 0.15) is 0 Å². The van der Waals surface area contributed by atoms with E-state index in [1.54, 1.807) is 13.0 Å². The Balaban J connectivity index is 1.78. The molecular weight excluding hydrogens is 483 g/mol. The van der Waals surface area contributed by atoms with Gasteiger partial charge in [-0.3, -0.25) is 0 Å². The molecule has 5 aromatic carbocycles. The Morgan fingerprint density at radius 1 is 0.541 bits per heavy atom. The summed E-state index contributed by atoms with van der Waals surface area (Å²) >= 11 is 0. The topological polar surface area (TPSA) is 3.24 Å². The molecule has 1 aliphatic heterocycles. The van der Waals surface area contributed by atoms with Gasteiger partial charge in [-0.15, -0.1) is 0 Å². The number of fused-ring (bicyclic) bond motifs is 2. The van der Waals surface area contributed by atoms with Gasteiger partial charge in [-0.25, -0.2) is 0 Å². The number of aryl methyl sites for hydroxylation is 1. The van der Waals surface area contributed by atoms with Crippen LogP contribution in [0, 0.1) is 6.92 Å². The van der Waals surface area contributed by atoms with Gasteiger partial charge in [-0.1, -0.05) is 109 Å². The van der Waals surface area contributed by atoms with Crippen molar-refractivity contribution in [2.75, 3.05) is 4.90 Å². The van der Waals surface area contributed by atoms with Crippen LogP contribution in [0.1, 0.15) is 11.1 Å². The van der Waals surface area contributed by atoms with E-state index in [1.165, 1.54) is 22.5 Å². The van der Waals surface area contributed by atoms with E-state index in [-0.39, 0.29) is 5.69 Å². The summed E-state index contributed by atoms with van der Waals surface area (Å²) in [5.74, 6) is 0. The average molecular weight is 508 g/mol. The highest BCUT2D eigenvalue weighted by atomic mass is 28.3. The maximum absolute atomic E-state index is 14.4. The van der Waals surface area contributed by atoms with E-state index in [0.29, 0.717) is 5.56 Å². The van der Waals surface area contributed by atoms with Crippen molar-refractivity contribution in [2.24, 2.45) is 0 Å².